The Morgan fingerprint density at radius 1 is 1.08 bits per heavy atom. The molecule has 0 bridgehead atoms. The van der Waals surface area contributed by atoms with Gasteiger partial charge in [-0.15, -0.1) is 0 Å². The van der Waals surface area contributed by atoms with Gasteiger partial charge in [0.15, 0.2) is 0 Å². The van der Waals surface area contributed by atoms with Gasteiger partial charge in [-0.3, -0.25) is 14.2 Å². The highest BCUT2D eigenvalue weighted by molar-refractivity contribution is 5.91. The summed E-state index contributed by atoms with van der Waals surface area (Å²) >= 11 is 0. The van der Waals surface area contributed by atoms with Gasteiger partial charge in [0.2, 0.25) is 5.95 Å². The molecule has 0 radical (unpaired) electrons. The van der Waals surface area contributed by atoms with E-state index in [2.05, 4.69) is 20.2 Å². The smallest absolute Gasteiger partial charge is 0.266 e. The van der Waals surface area contributed by atoms with Crippen molar-refractivity contribution in [3.05, 3.63) is 57.6 Å². The molecule has 0 spiro atoms. The lowest BCUT2D eigenvalue weighted by Crippen LogP contribution is -2.23. The predicted molar refractivity (Wildman–Crippen MR) is 86.1 cm³/mol. The second-order valence-corrected chi connectivity index (χ2v) is 5.19. The molecule has 0 unspecified atom stereocenters. The fraction of sp³-hybridized carbons (Fsp3) is 0.133. The third-order valence-corrected chi connectivity index (χ3v) is 3.79. The summed E-state index contributed by atoms with van der Waals surface area (Å²) in [5.74, 6) is 0.285. The minimum atomic E-state index is -0.351. The van der Waals surface area contributed by atoms with E-state index in [0.717, 1.165) is 0 Å². The van der Waals surface area contributed by atoms with Crippen LogP contribution in [0.2, 0.25) is 0 Å². The molecule has 0 aliphatic carbocycles. The summed E-state index contributed by atoms with van der Waals surface area (Å²) in [4.78, 5) is 33.5. The van der Waals surface area contributed by atoms with Gasteiger partial charge in [-0.2, -0.15) is 10.1 Å². The number of nitrogens with zero attached hydrogens (tertiary/aromatic N) is 5. The molecule has 2 N–H and O–H groups in total. The number of fused-ring (bicyclic) bond motifs is 2. The van der Waals surface area contributed by atoms with Gasteiger partial charge in [0.1, 0.15) is 6.33 Å². The second-order valence-electron chi connectivity index (χ2n) is 5.19. The van der Waals surface area contributed by atoms with Crippen LogP contribution in [0.25, 0.3) is 27.8 Å². The van der Waals surface area contributed by atoms with Crippen LogP contribution >= 0.6 is 0 Å². The molecule has 4 rings (SSSR count). The number of hydrogen-bond donors (Lipinski definition) is 2. The minimum absolute atomic E-state index is 0.148. The lowest BCUT2D eigenvalue weighted by Gasteiger charge is -2.07. The van der Waals surface area contributed by atoms with Crippen LogP contribution in [0.3, 0.4) is 0 Å². The number of hydrogen-bond acceptors (Lipinski definition) is 6. The highest BCUT2D eigenvalue weighted by atomic mass is 16.3. The molecule has 9 nitrogen and oxygen atoms in total. The summed E-state index contributed by atoms with van der Waals surface area (Å²) in [5, 5.41) is 16.0. The quantitative estimate of drug-likeness (QED) is 0.504. The summed E-state index contributed by atoms with van der Waals surface area (Å²) in [7, 11) is 0. The fourth-order valence-electron chi connectivity index (χ4n) is 2.63. The summed E-state index contributed by atoms with van der Waals surface area (Å²) in [6.07, 6.45) is 4.44. The van der Waals surface area contributed by atoms with Crippen molar-refractivity contribution in [3.8, 4) is 5.95 Å². The number of rotatable bonds is 3. The maximum Gasteiger partial charge on any atom is 0.266 e. The molecule has 9 heteroatoms. The molecule has 0 aromatic carbocycles. The van der Waals surface area contributed by atoms with E-state index >= 15 is 0 Å². The van der Waals surface area contributed by atoms with E-state index < -0.39 is 0 Å². The third kappa shape index (κ3) is 2.10. The largest absolute Gasteiger partial charge is 0.395 e. The number of aliphatic hydroxyl groups excluding tert-OH is 1. The highest BCUT2D eigenvalue weighted by Crippen LogP contribution is 2.14. The van der Waals surface area contributed by atoms with Crippen molar-refractivity contribution in [2.75, 3.05) is 6.61 Å². The molecular weight excluding hydrogens is 312 g/mol. The SMILES string of the molecule is O=c1c2cc3c(=O)n(-c4ncn[nH]4)ccc3nc2ccn1CCO. The van der Waals surface area contributed by atoms with Crippen LogP contribution in [-0.4, -0.2) is 41.0 Å². The summed E-state index contributed by atoms with van der Waals surface area (Å²) in [6, 6.07) is 4.90. The Morgan fingerprint density at radius 3 is 2.54 bits per heavy atom. The van der Waals surface area contributed by atoms with Crippen molar-refractivity contribution in [1.29, 1.82) is 0 Å². The molecule has 4 heterocycles. The van der Waals surface area contributed by atoms with Crippen LogP contribution < -0.4 is 11.1 Å². The molecule has 0 aliphatic heterocycles. The molecule has 0 amide bonds. The van der Waals surface area contributed by atoms with Gasteiger partial charge >= 0.3 is 0 Å². The zero-order chi connectivity index (χ0) is 16.7. The molecule has 24 heavy (non-hydrogen) atoms. The van der Waals surface area contributed by atoms with Gasteiger partial charge in [0, 0.05) is 18.9 Å². The zero-order valence-corrected chi connectivity index (χ0v) is 12.4. The Kier molecular flexibility index (Phi) is 3.21. The van der Waals surface area contributed by atoms with E-state index in [0.29, 0.717) is 21.8 Å². The third-order valence-electron chi connectivity index (χ3n) is 3.79. The average Bonchev–Trinajstić information content (AvgIpc) is 3.11. The lowest BCUT2D eigenvalue weighted by atomic mass is 10.2. The van der Waals surface area contributed by atoms with Gasteiger partial charge in [0.05, 0.1) is 28.4 Å². The molecule has 0 aliphatic rings. The van der Waals surface area contributed by atoms with Crippen LogP contribution in [0.4, 0.5) is 0 Å². The number of aromatic nitrogens is 6. The Hall–Kier alpha value is -3.33. The zero-order valence-electron chi connectivity index (χ0n) is 12.4. The molecule has 0 saturated carbocycles. The van der Waals surface area contributed by atoms with Crippen LogP contribution in [0.15, 0.2) is 46.5 Å². The Bertz CT molecular complexity index is 1160. The van der Waals surface area contributed by atoms with Gasteiger partial charge < -0.3 is 9.67 Å². The van der Waals surface area contributed by atoms with E-state index in [1.165, 1.54) is 21.5 Å². The van der Waals surface area contributed by atoms with Crippen LogP contribution in [0.5, 0.6) is 0 Å². The maximum absolute atomic E-state index is 12.7. The first kappa shape index (κ1) is 14.3. The first-order valence-electron chi connectivity index (χ1n) is 7.21. The monoisotopic (exact) mass is 324 g/mol. The van der Waals surface area contributed by atoms with Crippen LogP contribution in [-0.2, 0) is 6.54 Å². The maximum atomic E-state index is 12.7. The fourth-order valence-corrected chi connectivity index (χ4v) is 2.63. The van der Waals surface area contributed by atoms with E-state index in [1.807, 2.05) is 0 Å². The summed E-state index contributed by atoms with van der Waals surface area (Å²) < 4.78 is 2.69. The molecule has 0 saturated heterocycles. The van der Waals surface area contributed by atoms with Gasteiger partial charge in [-0.25, -0.2) is 10.1 Å². The van der Waals surface area contributed by atoms with Crippen LogP contribution in [0.1, 0.15) is 0 Å². The number of nitrogens with one attached hydrogen (secondary N) is 1. The van der Waals surface area contributed by atoms with Gasteiger partial charge in [-0.05, 0) is 18.2 Å². The van der Waals surface area contributed by atoms with Crippen molar-refractivity contribution < 1.29 is 5.11 Å². The molecule has 0 fully saturated rings. The number of pyridine rings is 3. The van der Waals surface area contributed by atoms with Gasteiger partial charge in [0.25, 0.3) is 11.1 Å². The highest BCUT2D eigenvalue weighted by Gasteiger charge is 2.11. The van der Waals surface area contributed by atoms with Crippen molar-refractivity contribution in [3.63, 3.8) is 0 Å². The Balaban J connectivity index is 2.04. The van der Waals surface area contributed by atoms with Crippen molar-refractivity contribution in [1.82, 2.24) is 29.3 Å². The van der Waals surface area contributed by atoms with E-state index in [-0.39, 0.29) is 30.2 Å². The molecule has 4 aromatic rings. The number of aromatic amines is 1. The van der Waals surface area contributed by atoms with E-state index in [4.69, 9.17) is 5.11 Å². The molecule has 120 valence electrons. The molecular formula is C15H12N6O3. The topological polar surface area (TPSA) is 119 Å². The second kappa shape index (κ2) is 5.39. The lowest BCUT2D eigenvalue weighted by molar-refractivity contribution is 0.274. The normalized spacial score (nSPS) is 11.4. The molecule has 4 aromatic heterocycles. The minimum Gasteiger partial charge on any atom is -0.395 e. The predicted octanol–water partition coefficient (Wildman–Crippen LogP) is -0.189. The van der Waals surface area contributed by atoms with Crippen LogP contribution in [0, 0.1) is 0 Å². The standard InChI is InChI=1S/C15H12N6O3/c22-6-5-20-3-1-11-9(13(20)23)7-10-12(18-11)2-4-21(14(10)24)15-16-8-17-19-15/h1-4,7-8,22H,5-6H2,(H,16,17,19). The van der Waals surface area contributed by atoms with Crippen molar-refractivity contribution in [2.45, 2.75) is 6.54 Å². The first-order valence-corrected chi connectivity index (χ1v) is 7.21. The van der Waals surface area contributed by atoms with E-state index in [9.17, 15) is 9.59 Å². The number of aliphatic hydroxyl groups is 1. The number of H-pyrrole nitrogens is 1. The van der Waals surface area contributed by atoms with Gasteiger partial charge in [-0.1, -0.05) is 0 Å². The Morgan fingerprint density at radius 2 is 1.83 bits per heavy atom. The van der Waals surface area contributed by atoms with Crippen molar-refractivity contribution >= 4 is 21.8 Å². The Labute approximate surface area is 133 Å². The molecule has 0 atom stereocenters. The first-order chi connectivity index (χ1) is 11.7. The summed E-state index contributed by atoms with van der Waals surface area (Å²) in [6.45, 7) is 0.0363. The average molecular weight is 324 g/mol. The van der Waals surface area contributed by atoms with E-state index in [1.54, 1.807) is 24.5 Å². The summed E-state index contributed by atoms with van der Waals surface area (Å²) in [5.41, 5.74) is 0.335. The van der Waals surface area contributed by atoms with Crippen molar-refractivity contribution in [2.24, 2.45) is 0 Å².